The molecule has 0 spiro atoms. The van der Waals surface area contributed by atoms with Gasteiger partial charge >= 0.3 is 0 Å². The molecular weight excluding hydrogens is 336 g/mol. The Kier molecular flexibility index (Phi) is 7.82. The summed E-state index contributed by atoms with van der Waals surface area (Å²) < 4.78 is 6.41. The Labute approximate surface area is 133 Å². The van der Waals surface area contributed by atoms with Crippen LogP contribution in [0.15, 0.2) is 28.7 Å². The molecule has 2 amide bonds. The summed E-state index contributed by atoms with van der Waals surface area (Å²) in [6.45, 7) is 4.84. The molecule has 5 nitrogen and oxygen atoms in total. The molecule has 0 aromatic heterocycles. The van der Waals surface area contributed by atoms with Crippen molar-refractivity contribution in [3.63, 3.8) is 0 Å². The highest BCUT2D eigenvalue weighted by Crippen LogP contribution is 2.17. The first kappa shape index (κ1) is 17.5. The van der Waals surface area contributed by atoms with Gasteiger partial charge in [-0.2, -0.15) is 0 Å². The molecule has 0 heterocycles. The van der Waals surface area contributed by atoms with Gasteiger partial charge in [0, 0.05) is 23.5 Å². The molecule has 0 aliphatic rings. The summed E-state index contributed by atoms with van der Waals surface area (Å²) >= 11 is 3.35. The predicted octanol–water partition coefficient (Wildman–Crippen LogP) is 2.11. The van der Waals surface area contributed by atoms with Crippen LogP contribution < -0.4 is 15.4 Å². The van der Waals surface area contributed by atoms with Gasteiger partial charge in [0.25, 0.3) is 0 Å². The van der Waals surface area contributed by atoms with Crippen molar-refractivity contribution in [2.45, 2.75) is 20.3 Å². The molecule has 0 aliphatic heterocycles. The first-order valence-electron chi connectivity index (χ1n) is 6.92. The van der Waals surface area contributed by atoms with Gasteiger partial charge in [-0.15, -0.1) is 0 Å². The molecule has 116 valence electrons. The van der Waals surface area contributed by atoms with Gasteiger partial charge in [0.1, 0.15) is 5.75 Å². The van der Waals surface area contributed by atoms with Crippen LogP contribution in [0.4, 0.5) is 0 Å². The van der Waals surface area contributed by atoms with Gasteiger partial charge in [-0.25, -0.2) is 0 Å². The third-order valence-electron chi connectivity index (χ3n) is 2.66. The summed E-state index contributed by atoms with van der Waals surface area (Å²) in [6, 6.07) is 7.46. The lowest BCUT2D eigenvalue weighted by Crippen LogP contribution is -2.36. The van der Waals surface area contributed by atoms with Crippen molar-refractivity contribution in [3.8, 4) is 5.75 Å². The zero-order valence-electron chi connectivity index (χ0n) is 12.3. The summed E-state index contributed by atoms with van der Waals surface area (Å²) in [5, 5.41) is 5.47. The van der Waals surface area contributed by atoms with Crippen LogP contribution in [-0.4, -0.2) is 31.5 Å². The van der Waals surface area contributed by atoms with E-state index < -0.39 is 0 Å². The van der Waals surface area contributed by atoms with Crippen molar-refractivity contribution in [1.29, 1.82) is 0 Å². The second-order valence-electron chi connectivity index (χ2n) is 4.85. The number of benzene rings is 1. The van der Waals surface area contributed by atoms with Gasteiger partial charge in [0.15, 0.2) is 0 Å². The van der Waals surface area contributed by atoms with Crippen molar-refractivity contribution in [3.05, 3.63) is 28.7 Å². The lowest BCUT2D eigenvalue weighted by molar-refractivity contribution is -0.124. The molecule has 0 fully saturated rings. The summed E-state index contributed by atoms with van der Waals surface area (Å²) in [7, 11) is 0. The van der Waals surface area contributed by atoms with Crippen LogP contribution in [0, 0.1) is 5.92 Å². The average molecular weight is 357 g/mol. The molecule has 21 heavy (non-hydrogen) atoms. The highest BCUT2D eigenvalue weighted by Gasteiger charge is 2.06. The fourth-order valence-corrected chi connectivity index (χ4v) is 1.88. The largest absolute Gasteiger partial charge is 0.493 e. The number of nitrogens with one attached hydrogen (secondary N) is 2. The smallest absolute Gasteiger partial charge is 0.223 e. The van der Waals surface area contributed by atoms with Gasteiger partial charge in [-0.05, 0) is 18.2 Å². The standard InChI is InChI=1S/C15H21BrN2O3/c1-11(2)15(20)18-8-7-17-14(19)6-9-21-13-5-3-4-12(16)10-13/h3-5,10-11H,6-9H2,1-2H3,(H,17,19)(H,18,20). The number of carbonyl (C=O) groups excluding carboxylic acids is 2. The normalized spacial score (nSPS) is 10.3. The van der Waals surface area contributed by atoms with E-state index in [2.05, 4.69) is 26.6 Å². The number of ether oxygens (including phenoxy) is 1. The van der Waals surface area contributed by atoms with E-state index in [0.29, 0.717) is 19.7 Å². The Morgan fingerprint density at radius 3 is 2.62 bits per heavy atom. The highest BCUT2D eigenvalue weighted by atomic mass is 79.9. The molecule has 0 saturated carbocycles. The van der Waals surface area contributed by atoms with E-state index in [1.165, 1.54) is 0 Å². The van der Waals surface area contributed by atoms with E-state index in [4.69, 9.17) is 4.74 Å². The quantitative estimate of drug-likeness (QED) is 0.701. The van der Waals surface area contributed by atoms with Crippen molar-refractivity contribution >= 4 is 27.7 Å². The molecule has 0 atom stereocenters. The molecule has 0 radical (unpaired) electrons. The minimum Gasteiger partial charge on any atom is -0.493 e. The fraction of sp³-hybridized carbons (Fsp3) is 0.467. The van der Waals surface area contributed by atoms with Crippen LogP contribution in [0.5, 0.6) is 5.75 Å². The molecule has 0 aliphatic carbocycles. The third kappa shape index (κ3) is 7.70. The number of hydrogen-bond acceptors (Lipinski definition) is 3. The number of carbonyl (C=O) groups is 2. The molecule has 6 heteroatoms. The van der Waals surface area contributed by atoms with Crippen molar-refractivity contribution < 1.29 is 14.3 Å². The molecule has 1 aromatic rings. The maximum atomic E-state index is 11.6. The Bertz CT molecular complexity index is 478. The van der Waals surface area contributed by atoms with Crippen molar-refractivity contribution in [1.82, 2.24) is 10.6 Å². The topological polar surface area (TPSA) is 67.4 Å². The second kappa shape index (κ2) is 9.39. The minimum absolute atomic E-state index is 0.0118. The Morgan fingerprint density at radius 2 is 1.95 bits per heavy atom. The van der Waals surface area contributed by atoms with E-state index in [0.717, 1.165) is 10.2 Å². The second-order valence-corrected chi connectivity index (χ2v) is 5.77. The zero-order valence-corrected chi connectivity index (χ0v) is 13.9. The van der Waals surface area contributed by atoms with Crippen LogP contribution in [0.25, 0.3) is 0 Å². The van der Waals surface area contributed by atoms with E-state index >= 15 is 0 Å². The number of hydrogen-bond donors (Lipinski definition) is 2. The van der Waals surface area contributed by atoms with E-state index in [-0.39, 0.29) is 24.2 Å². The number of rotatable bonds is 8. The molecule has 1 rings (SSSR count). The molecule has 1 aromatic carbocycles. The molecular formula is C15H21BrN2O3. The monoisotopic (exact) mass is 356 g/mol. The first-order valence-corrected chi connectivity index (χ1v) is 7.71. The predicted molar refractivity (Wildman–Crippen MR) is 85.1 cm³/mol. The summed E-state index contributed by atoms with van der Waals surface area (Å²) in [5.74, 6) is 0.576. The fourth-order valence-electron chi connectivity index (χ4n) is 1.50. The summed E-state index contributed by atoms with van der Waals surface area (Å²) in [4.78, 5) is 22.9. The molecule has 0 bridgehead atoms. The van der Waals surface area contributed by atoms with Crippen LogP contribution in [0.2, 0.25) is 0 Å². The Hall–Kier alpha value is -1.56. The first-order chi connectivity index (χ1) is 9.99. The SMILES string of the molecule is CC(C)C(=O)NCCNC(=O)CCOc1cccc(Br)c1. The van der Waals surface area contributed by atoms with Gasteiger partial charge in [-0.1, -0.05) is 35.8 Å². The molecule has 0 saturated heterocycles. The van der Waals surface area contributed by atoms with E-state index in [9.17, 15) is 9.59 Å². The Morgan fingerprint density at radius 1 is 1.24 bits per heavy atom. The van der Waals surface area contributed by atoms with Crippen LogP contribution in [0.1, 0.15) is 20.3 Å². The summed E-state index contributed by atoms with van der Waals surface area (Å²) in [5.41, 5.74) is 0. The number of amides is 2. The average Bonchev–Trinajstić information content (AvgIpc) is 2.43. The van der Waals surface area contributed by atoms with E-state index in [1.54, 1.807) is 0 Å². The van der Waals surface area contributed by atoms with Crippen LogP contribution in [-0.2, 0) is 9.59 Å². The lowest BCUT2D eigenvalue weighted by atomic mass is 10.2. The van der Waals surface area contributed by atoms with Gasteiger partial charge in [-0.3, -0.25) is 9.59 Å². The number of halogens is 1. The van der Waals surface area contributed by atoms with Gasteiger partial charge in [0.05, 0.1) is 13.0 Å². The maximum Gasteiger partial charge on any atom is 0.223 e. The maximum absolute atomic E-state index is 11.6. The van der Waals surface area contributed by atoms with E-state index in [1.807, 2.05) is 38.1 Å². The van der Waals surface area contributed by atoms with Crippen molar-refractivity contribution in [2.24, 2.45) is 5.92 Å². The van der Waals surface area contributed by atoms with Crippen LogP contribution in [0.3, 0.4) is 0 Å². The van der Waals surface area contributed by atoms with Gasteiger partial charge in [0.2, 0.25) is 11.8 Å². The molecule has 2 N–H and O–H groups in total. The molecule has 0 unspecified atom stereocenters. The lowest BCUT2D eigenvalue weighted by Gasteiger charge is -2.09. The third-order valence-corrected chi connectivity index (χ3v) is 3.16. The Balaban J connectivity index is 2.10. The van der Waals surface area contributed by atoms with Crippen LogP contribution >= 0.6 is 15.9 Å². The van der Waals surface area contributed by atoms with Crippen molar-refractivity contribution in [2.75, 3.05) is 19.7 Å². The summed E-state index contributed by atoms with van der Waals surface area (Å²) in [6.07, 6.45) is 0.282. The zero-order chi connectivity index (χ0) is 15.7. The highest BCUT2D eigenvalue weighted by molar-refractivity contribution is 9.10. The minimum atomic E-state index is -0.0937. The van der Waals surface area contributed by atoms with Gasteiger partial charge < -0.3 is 15.4 Å².